The summed E-state index contributed by atoms with van der Waals surface area (Å²) in [5, 5.41) is 3.38. The Morgan fingerprint density at radius 3 is 2.86 bits per heavy atom. The van der Waals surface area contributed by atoms with E-state index in [9.17, 15) is 0 Å². The molecule has 0 aromatic carbocycles. The van der Waals surface area contributed by atoms with Crippen molar-refractivity contribution in [2.75, 3.05) is 26.7 Å². The van der Waals surface area contributed by atoms with Crippen molar-refractivity contribution in [1.29, 1.82) is 0 Å². The molecule has 0 unspecified atom stereocenters. The van der Waals surface area contributed by atoms with Crippen molar-refractivity contribution >= 4 is 5.96 Å². The van der Waals surface area contributed by atoms with E-state index in [1.807, 2.05) is 18.2 Å². The average molecular weight is 290 g/mol. The molecule has 1 N–H and O–H groups in total. The van der Waals surface area contributed by atoms with Crippen molar-refractivity contribution in [3.05, 3.63) is 23.9 Å². The molecule has 5 nitrogen and oxygen atoms in total. The Balaban J connectivity index is 2.02. The fourth-order valence-electron chi connectivity index (χ4n) is 2.46. The van der Waals surface area contributed by atoms with Gasteiger partial charge in [-0.15, -0.1) is 0 Å². The minimum Gasteiger partial charge on any atom is -0.481 e. The predicted molar refractivity (Wildman–Crippen MR) is 85.6 cm³/mol. The number of methoxy groups -OCH3 is 1. The molecule has 116 valence electrons. The monoisotopic (exact) mass is 290 g/mol. The fourth-order valence-corrected chi connectivity index (χ4v) is 2.46. The minimum absolute atomic E-state index is 0.575. The number of piperidine rings is 1. The van der Waals surface area contributed by atoms with Crippen LogP contribution in [-0.4, -0.2) is 42.6 Å². The molecule has 1 aliphatic heterocycles. The molecular formula is C16H26N4O. The number of ether oxygens (including phenoxy) is 1. The van der Waals surface area contributed by atoms with Crippen LogP contribution in [0.25, 0.3) is 0 Å². The van der Waals surface area contributed by atoms with Crippen LogP contribution in [0.15, 0.2) is 23.2 Å². The van der Waals surface area contributed by atoms with Gasteiger partial charge in [0.1, 0.15) is 0 Å². The second kappa shape index (κ2) is 7.86. The van der Waals surface area contributed by atoms with Crippen LogP contribution in [-0.2, 0) is 6.54 Å². The van der Waals surface area contributed by atoms with Crippen molar-refractivity contribution < 1.29 is 4.74 Å². The Hall–Kier alpha value is -1.78. The molecule has 0 atom stereocenters. The van der Waals surface area contributed by atoms with Crippen molar-refractivity contribution in [2.45, 2.75) is 33.2 Å². The molecule has 1 saturated heterocycles. The van der Waals surface area contributed by atoms with Gasteiger partial charge in [-0.1, -0.05) is 13.0 Å². The normalized spacial score (nSPS) is 16.9. The molecular weight excluding hydrogens is 264 g/mol. The number of likely N-dealkylation sites (tertiary alicyclic amines) is 1. The molecule has 2 heterocycles. The lowest BCUT2D eigenvalue weighted by atomic mass is 10.00. The molecule has 0 saturated carbocycles. The highest BCUT2D eigenvalue weighted by molar-refractivity contribution is 5.80. The topological polar surface area (TPSA) is 49.8 Å². The molecule has 5 heteroatoms. The number of rotatable bonds is 4. The van der Waals surface area contributed by atoms with E-state index in [0.29, 0.717) is 12.4 Å². The van der Waals surface area contributed by atoms with Gasteiger partial charge in [-0.05, 0) is 31.7 Å². The van der Waals surface area contributed by atoms with E-state index in [1.165, 1.54) is 12.8 Å². The summed E-state index contributed by atoms with van der Waals surface area (Å²) < 4.78 is 5.15. The highest BCUT2D eigenvalue weighted by Gasteiger charge is 2.18. The van der Waals surface area contributed by atoms with Crippen LogP contribution in [0.3, 0.4) is 0 Å². The third kappa shape index (κ3) is 4.62. The first-order valence-corrected chi connectivity index (χ1v) is 7.76. The predicted octanol–water partition coefficient (Wildman–Crippen LogP) is 2.29. The molecule has 0 bridgehead atoms. The van der Waals surface area contributed by atoms with Crippen LogP contribution < -0.4 is 10.1 Å². The Morgan fingerprint density at radius 1 is 1.43 bits per heavy atom. The van der Waals surface area contributed by atoms with E-state index in [-0.39, 0.29) is 0 Å². The molecule has 0 amide bonds. The summed E-state index contributed by atoms with van der Waals surface area (Å²) >= 11 is 0. The number of pyridine rings is 1. The van der Waals surface area contributed by atoms with E-state index in [2.05, 4.69) is 29.0 Å². The second-order valence-electron chi connectivity index (χ2n) is 5.51. The van der Waals surface area contributed by atoms with Gasteiger partial charge in [-0.3, -0.25) is 0 Å². The molecule has 1 aromatic rings. The van der Waals surface area contributed by atoms with Crippen LogP contribution in [0.2, 0.25) is 0 Å². The standard InChI is InChI=1S/C16H26N4O/c1-4-17-16(20-10-8-13(2)9-11-20)18-12-14-6-5-7-15(19-14)21-3/h5-7,13H,4,8-12H2,1-3H3,(H,17,18). The van der Waals surface area contributed by atoms with Gasteiger partial charge >= 0.3 is 0 Å². The van der Waals surface area contributed by atoms with Crippen molar-refractivity contribution in [2.24, 2.45) is 10.9 Å². The van der Waals surface area contributed by atoms with E-state index in [1.54, 1.807) is 7.11 Å². The maximum atomic E-state index is 5.15. The molecule has 21 heavy (non-hydrogen) atoms. The van der Waals surface area contributed by atoms with Crippen LogP contribution in [0.1, 0.15) is 32.4 Å². The number of guanidine groups is 1. The summed E-state index contributed by atoms with van der Waals surface area (Å²) in [5.41, 5.74) is 0.926. The van der Waals surface area contributed by atoms with Crippen LogP contribution in [0.4, 0.5) is 0 Å². The minimum atomic E-state index is 0.575. The molecule has 1 aliphatic rings. The van der Waals surface area contributed by atoms with Crippen LogP contribution >= 0.6 is 0 Å². The molecule has 1 fully saturated rings. The van der Waals surface area contributed by atoms with Crippen LogP contribution in [0.5, 0.6) is 5.88 Å². The highest BCUT2D eigenvalue weighted by atomic mass is 16.5. The lowest BCUT2D eigenvalue weighted by Crippen LogP contribution is -2.45. The van der Waals surface area contributed by atoms with E-state index >= 15 is 0 Å². The number of aliphatic imine (C=N–C) groups is 1. The van der Waals surface area contributed by atoms with Gasteiger partial charge in [-0.2, -0.15) is 0 Å². The largest absolute Gasteiger partial charge is 0.481 e. The maximum absolute atomic E-state index is 5.15. The molecule has 0 aliphatic carbocycles. The number of aromatic nitrogens is 1. The van der Waals surface area contributed by atoms with Gasteiger partial charge in [0.2, 0.25) is 5.88 Å². The summed E-state index contributed by atoms with van der Waals surface area (Å²) in [4.78, 5) is 11.5. The van der Waals surface area contributed by atoms with Gasteiger partial charge in [0, 0.05) is 25.7 Å². The molecule has 1 aromatic heterocycles. The van der Waals surface area contributed by atoms with Gasteiger partial charge in [0.25, 0.3) is 0 Å². The summed E-state index contributed by atoms with van der Waals surface area (Å²) in [6.45, 7) is 8.05. The number of nitrogens with one attached hydrogen (secondary N) is 1. The fraction of sp³-hybridized carbons (Fsp3) is 0.625. The van der Waals surface area contributed by atoms with Crippen molar-refractivity contribution in [1.82, 2.24) is 15.2 Å². The zero-order valence-electron chi connectivity index (χ0n) is 13.3. The van der Waals surface area contributed by atoms with Gasteiger partial charge in [0.05, 0.1) is 19.3 Å². The Labute approximate surface area is 127 Å². The Morgan fingerprint density at radius 2 is 2.19 bits per heavy atom. The molecule has 0 radical (unpaired) electrons. The van der Waals surface area contributed by atoms with Gasteiger partial charge in [0.15, 0.2) is 5.96 Å². The SMILES string of the molecule is CCNC(=NCc1cccc(OC)n1)N1CCC(C)CC1. The first kappa shape index (κ1) is 15.6. The Bertz CT molecular complexity index is 467. The average Bonchev–Trinajstić information content (AvgIpc) is 2.52. The Kier molecular flexibility index (Phi) is 5.84. The summed E-state index contributed by atoms with van der Waals surface area (Å²) in [7, 11) is 1.63. The first-order valence-electron chi connectivity index (χ1n) is 7.76. The lowest BCUT2D eigenvalue weighted by molar-refractivity contribution is 0.273. The van der Waals surface area contributed by atoms with Gasteiger partial charge < -0.3 is 15.0 Å². The van der Waals surface area contributed by atoms with Gasteiger partial charge in [-0.25, -0.2) is 9.98 Å². The van der Waals surface area contributed by atoms with E-state index in [4.69, 9.17) is 9.73 Å². The lowest BCUT2D eigenvalue weighted by Gasteiger charge is -2.32. The summed E-state index contributed by atoms with van der Waals surface area (Å²) in [6, 6.07) is 5.78. The second-order valence-corrected chi connectivity index (χ2v) is 5.51. The number of hydrogen-bond acceptors (Lipinski definition) is 3. The third-order valence-electron chi connectivity index (χ3n) is 3.80. The van der Waals surface area contributed by atoms with Crippen molar-refractivity contribution in [3.8, 4) is 5.88 Å². The summed E-state index contributed by atoms with van der Waals surface area (Å²) in [6.07, 6.45) is 2.48. The van der Waals surface area contributed by atoms with E-state index in [0.717, 1.165) is 37.2 Å². The summed E-state index contributed by atoms with van der Waals surface area (Å²) in [5.74, 6) is 2.46. The van der Waals surface area contributed by atoms with E-state index < -0.39 is 0 Å². The quantitative estimate of drug-likeness (QED) is 0.683. The smallest absolute Gasteiger partial charge is 0.213 e. The maximum Gasteiger partial charge on any atom is 0.213 e. The zero-order chi connectivity index (χ0) is 15.1. The third-order valence-corrected chi connectivity index (χ3v) is 3.80. The molecule has 0 spiro atoms. The van der Waals surface area contributed by atoms with Crippen LogP contribution in [0, 0.1) is 5.92 Å². The zero-order valence-corrected chi connectivity index (χ0v) is 13.3. The van der Waals surface area contributed by atoms with Crippen molar-refractivity contribution in [3.63, 3.8) is 0 Å². The molecule has 2 rings (SSSR count). The highest BCUT2D eigenvalue weighted by Crippen LogP contribution is 2.16. The first-order chi connectivity index (χ1) is 10.2. The number of nitrogens with zero attached hydrogens (tertiary/aromatic N) is 3. The number of hydrogen-bond donors (Lipinski definition) is 1.